The largest absolute Gasteiger partial charge is 0.523 e. The van der Waals surface area contributed by atoms with E-state index in [0.717, 1.165) is 19.3 Å². The van der Waals surface area contributed by atoms with Crippen LogP contribution in [0.1, 0.15) is 46.5 Å². The van der Waals surface area contributed by atoms with E-state index < -0.39 is 38.6 Å². The number of hydrogen-bond acceptors (Lipinski definition) is 5. The Labute approximate surface area is 160 Å². The van der Waals surface area contributed by atoms with Gasteiger partial charge in [-0.2, -0.15) is 21.6 Å². The molecule has 0 spiro atoms. The summed E-state index contributed by atoms with van der Waals surface area (Å²) in [7, 11) is -6.70. The second-order valence-corrected chi connectivity index (χ2v) is 9.74. The maximum Gasteiger partial charge on any atom is 0.523 e. The van der Waals surface area contributed by atoms with E-state index in [-0.39, 0.29) is 6.42 Å². The zero-order valence-electron chi connectivity index (χ0n) is 15.5. The highest BCUT2D eigenvalue weighted by Gasteiger charge is 2.47. The molecule has 0 saturated heterocycles. The van der Waals surface area contributed by atoms with Gasteiger partial charge in [0.15, 0.2) is 0 Å². The quantitative estimate of drug-likeness (QED) is 0.296. The van der Waals surface area contributed by atoms with Crippen molar-refractivity contribution >= 4 is 20.9 Å². The van der Waals surface area contributed by atoms with Crippen LogP contribution in [-0.4, -0.2) is 36.1 Å². The van der Waals surface area contributed by atoms with E-state index in [9.17, 15) is 25.8 Å². The van der Waals surface area contributed by atoms with Gasteiger partial charge in [0.2, 0.25) is 0 Å². The van der Waals surface area contributed by atoms with Crippen LogP contribution in [-0.2, 0) is 25.1 Å². The summed E-state index contributed by atoms with van der Waals surface area (Å²) in [6.07, 6.45) is 2.88. The molecule has 0 aliphatic heterocycles. The topological polar surface area (TPSA) is 69.7 Å². The van der Waals surface area contributed by atoms with Crippen molar-refractivity contribution in [2.24, 2.45) is 0 Å². The number of rotatable bonds is 11. The summed E-state index contributed by atoms with van der Waals surface area (Å²) in [5, 5.41) is 0. The van der Waals surface area contributed by atoms with Gasteiger partial charge in [-0.05, 0) is 44.5 Å². The zero-order valence-corrected chi connectivity index (χ0v) is 17.2. The van der Waals surface area contributed by atoms with Crippen molar-refractivity contribution in [1.29, 1.82) is 0 Å². The molecule has 0 amide bonds. The van der Waals surface area contributed by atoms with E-state index >= 15 is 0 Å². The Balaban J connectivity index is 2.57. The third-order valence-electron chi connectivity index (χ3n) is 3.64. The predicted molar refractivity (Wildman–Crippen MR) is 97.5 cm³/mol. The molecule has 156 valence electrons. The third-order valence-corrected chi connectivity index (χ3v) is 6.14. The molecule has 0 heterocycles. The summed E-state index contributed by atoms with van der Waals surface area (Å²) >= 11 is 0. The van der Waals surface area contributed by atoms with Gasteiger partial charge in [-0.1, -0.05) is 19.8 Å². The molecular weight excluding hydrogens is 405 g/mol. The molecule has 0 radical (unpaired) electrons. The number of ether oxygens (including phenoxy) is 1. The van der Waals surface area contributed by atoms with Crippen LogP contribution in [0.3, 0.4) is 0 Å². The average Bonchev–Trinajstić information content (AvgIpc) is 2.53. The lowest BCUT2D eigenvalue weighted by atomic mass is 10.1. The zero-order chi connectivity index (χ0) is 20.7. The van der Waals surface area contributed by atoms with E-state index in [0.29, 0.717) is 16.4 Å². The molecule has 0 saturated carbocycles. The van der Waals surface area contributed by atoms with Crippen LogP contribution >= 0.6 is 0 Å². The van der Waals surface area contributed by atoms with Crippen molar-refractivity contribution in [3.05, 3.63) is 24.3 Å². The van der Waals surface area contributed by atoms with Crippen LogP contribution in [0.25, 0.3) is 0 Å². The van der Waals surface area contributed by atoms with Gasteiger partial charge >= 0.3 is 15.6 Å². The molecule has 1 atom stereocenters. The van der Waals surface area contributed by atoms with Gasteiger partial charge < -0.3 is 4.74 Å². The summed E-state index contributed by atoms with van der Waals surface area (Å²) in [6, 6.07) is 6.61. The first-order valence-electron chi connectivity index (χ1n) is 8.51. The Hall–Kier alpha value is -1.13. The fraction of sp³-hybridized carbons (Fsp3) is 0.647. The SMILES string of the molecule is CCCCCS(=O)c1ccc(OC(C)(C)CCOS(=O)(=O)C(F)(F)F)cc1. The van der Waals surface area contributed by atoms with Crippen molar-refractivity contribution < 1.29 is 34.7 Å². The highest BCUT2D eigenvalue weighted by molar-refractivity contribution is 7.87. The Kier molecular flexibility index (Phi) is 8.75. The number of hydrogen-bond donors (Lipinski definition) is 0. The van der Waals surface area contributed by atoms with Crippen molar-refractivity contribution in [1.82, 2.24) is 0 Å². The average molecular weight is 431 g/mol. The lowest BCUT2D eigenvalue weighted by molar-refractivity contribution is -0.0553. The molecule has 0 aromatic heterocycles. The summed E-state index contributed by atoms with van der Waals surface area (Å²) < 4.78 is 80.3. The molecule has 0 fully saturated rings. The first-order chi connectivity index (χ1) is 12.4. The second kappa shape index (κ2) is 9.88. The molecule has 1 aromatic carbocycles. The van der Waals surface area contributed by atoms with Crippen LogP contribution < -0.4 is 4.74 Å². The molecule has 0 aliphatic carbocycles. The van der Waals surface area contributed by atoms with Gasteiger partial charge in [-0.3, -0.25) is 8.39 Å². The maximum absolute atomic E-state index is 12.2. The summed E-state index contributed by atoms with van der Waals surface area (Å²) in [5.74, 6) is 1.03. The summed E-state index contributed by atoms with van der Waals surface area (Å²) in [6.45, 7) is 4.62. The molecule has 1 aromatic rings. The first kappa shape index (κ1) is 23.9. The van der Waals surface area contributed by atoms with Gasteiger partial charge in [0.1, 0.15) is 11.4 Å². The van der Waals surface area contributed by atoms with Crippen LogP contribution in [0.5, 0.6) is 5.75 Å². The number of alkyl halides is 3. The van der Waals surface area contributed by atoms with Gasteiger partial charge in [-0.15, -0.1) is 0 Å². The van der Waals surface area contributed by atoms with Crippen molar-refractivity contribution in [3.63, 3.8) is 0 Å². The third kappa shape index (κ3) is 8.18. The minimum Gasteiger partial charge on any atom is -0.488 e. The van der Waals surface area contributed by atoms with Gasteiger partial charge in [0, 0.05) is 17.1 Å². The number of unbranched alkanes of at least 4 members (excludes halogenated alkanes) is 2. The van der Waals surface area contributed by atoms with Crippen molar-refractivity contribution in [3.8, 4) is 5.75 Å². The molecule has 5 nitrogen and oxygen atoms in total. The van der Waals surface area contributed by atoms with Crippen molar-refractivity contribution in [2.45, 2.75) is 62.5 Å². The molecular formula is C17H25F3O5S2. The lowest BCUT2D eigenvalue weighted by Crippen LogP contribution is -2.32. The fourth-order valence-electron chi connectivity index (χ4n) is 2.09. The molecule has 1 rings (SSSR count). The smallest absolute Gasteiger partial charge is 0.488 e. The van der Waals surface area contributed by atoms with Crippen LogP contribution in [0.15, 0.2) is 29.2 Å². The molecule has 0 N–H and O–H groups in total. The Morgan fingerprint density at radius 3 is 2.19 bits per heavy atom. The van der Waals surface area contributed by atoms with Crippen LogP contribution in [0.2, 0.25) is 0 Å². The minimum absolute atomic E-state index is 0.0764. The monoisotopic (exact) mass is 430 g/mol. The Morgan fingerprint density at radius 2 is 1.67 bits per heavy atom. The number of halogens is 3. The molecule has 0 aliphatic rings. The normalized spacial score (nSPS) is 14.1. The van der Waals surface area contributed by atoms with Crippen LogP contribution in [0, 0.1) is 0 Å². The van der Waals surface area contributed by atoms with Gasteiger partial charge in [0.05, 0.1) is 17.4 Å². The highest BCUT2D eigenvalue weighted by Crippen LogP contribution is 2.27. The van der Waals surface area contributed by atoms with E-state index in [1.807, 2.05) is 0 Å². The maximum atomic E-state index is 12.2. The van der Waals surface area contributed by atoms with Crippen LogP contribution in [0.4, 0.5) is 13.2 Å². The predicted octanol–water partition coefficient (Wildman–Crippen LogP) is 4.40. The lowest BCUT2D eigenvalue weighted by Gasteiger charge is -2.26. The standard InChI is InChI=1S/C17H25F3O5S2/c1-4-5-6-13-26(21)15-9-7-14(8-10-15)25-16(2,3)11-12-24-27(22,23)17(18,19)20/h7-10H,4-6,11-13H2,1-3H3. The highest BCUT2D eigenvalue weighted by atomic mass is 32.2. The van der Waals surface area contributed by atoms with Crippen molar-refractivity contribution in [2.75, 3.05) is 12.4 Å². The Morgan fingerprint density at radius 1 is 1.07 bits per heavy atom. The first-order valence-corrected chi connectivity index (χ1v) is 11.2. The number of benzene rings is 1. The van der Waals surface area contributed by atoms with E-state index in [1.165, 1.54) is 0 Å². The Bertz CT molecular complexity index is 713. The molecule has 27 heavy (non-hydrogen) atoms. The van der Waals surface area contributed by atoms with E-state index in [1.54, 1.807) is 38.1 Å². The summed E-state index contributed by atoms with van der Waals surface area (Å²) in [4.78, 5) is 0.677. The second-order valence-electron chi connectivity index (χ2n) is 6.56. The minimum atomic E-state index is -5.61. The summed E-state index contributed by atoms with van der Waals surface area (Å²) in [5.41, 5.74) is -6.40. The van der Waals surface area contributed by atoms with E-state index in [4.69, 9.17) is 4.74 Å². The molecule has 0 bridgehead atoms. The molecule has 10 heteroatoms. The molecule has 1 unspecified atom stereocenters. The van der Waals surface area contributed by atoms with Gasteiger partial charge in [0.25, 0.3) is 0 Å². The van der Waals surface area contributed by atoms with Gasteiger partial charge in [-0.25, -0.2) is 0 Å². The van der Waals surface area contributed by atoms with E-state index in [2.05, 4.69) is 11.1 Å². The fourth-order valence-corrected chi connectivity index (χ4v) is 3.67.